The number of rotatable bonds is 9. The Morgan fingerprint density at radius 1 is 0.970 bits per heavy atom. The number of benzene rings is 2. The molecule has 0 bridgehead atoms. The second-order valence-corrected chi connectivity index (χ2v) is 9.73. The highest BCUT2D eigenvalue weighted by molar-refractivity contribution is 7.92. The first-order valence-electron chi connectivity index (χ1n) is 10.1. The van der Waals surface area contributed by atoms with Gasteiger partial charge in [0, 0.05) is 24.2 Å². The van der Waals surface area contributed by atoms with Crippen molar-refractivity contribution in [1.82, 2.24) is 10.2 Å². The molecule has 2 rings (SSSR count). The standard InChI is InChI=1S/C22H26F3N3O4S/c1-14(2)26-22(30)15(3)27(12-16-7-5-6-8-18(16)23)21(29)13-28(33(4,31)32)17-9-10-19(24)20(25)11-17/h5-11,14-15H,12-13H2,1-4H3,(H,26,30)/t15-/m1/s1. The maximum absolute atomic E-state index is 14.3. The first-order valence-corrected chi connectivity index (χ1v) is 11.9. The monoisotopic (exact) mass is 485 g/mol. The van der Waals surface area contributed by atoms with E-state index in [-0.39, 0.29) is 23.8 Å². The van der Waals surface area contributed by atoms with Crippen molar-refractivity contribution in [1.29, 1.82) is 0 Å². The summed E-state index contributed by atoms with van der Waals surface area (Å²) in [6.45, 7) is 3.76. The lowest BCUT2D eigenvalue weighted by atomic mass is 10.1. The van der Waals surface area contributed by atoms with Crippen molar-refractivity contribution >= 4 is 27.5 Å². The molecule has 33 heavy (non-hydrogen) atoms. The zero-order chi connectivity index (χ0) is 24.9. The zero-order valence-corrected chi connectivity index (χ0v) is 19.5. The van der Waals surface area contributed by atoms with E-state index in [0.717, 1.165) is 23.3 Å². The second kappa shape index (κ2) is 10.7. The fourth-order valence-electron chi connectivity index (χ4n) is 3.05. The minimum atomic E-state index is -4.10. The predicted molar refractivity (Wildman–Crippen MR) is 118 cm³/mol. The van der Waals surface area contributed by atoms with Crippen molar-refractivity contribution < 1.29 is 31.2 Å². The van der Waals surface area contributed by atoms with Gasteiger partial charge in [-0.3, -0.25) is 13.9 Å². The van der Waals surface area contributed by atoms with Gasteiger partial charge < -0.3 is 10.2 Å². The number of sulfonamides is 1. The molecule has 1 atom stereocenters. The van der Waals surface area contributed by atoms with Crippen molar-refractivity contribution in [3.63, 3.8) is 0 Å². The first kappa shape index (κ1) is 26.2. The average Bonchev–Trinajstić information content (AvgIpc) is 2.71. The van der Waals surface area contributed by atoms with Crippen LogP contribution in [0.4, 0.5) is 18.9 Å². The molecule has 2 amide bonds. The molecule has 0 aliphatic carbocycles. The Labute approximate surface area is 191 Å². The molecule has 0 unspecified atom stereocenters. The van der Waals surface area contributed by atoms with Crippen LogP contribution in [-0.2, 0) is 26.2 Å². The van der Waals surface area contributed by atoms with Crippen LogP contribution in [0.25, 0.3) is 0 Å². The Bertz CT molecular complexity index is 1130. The van der Waals surface area contributed by atoms with Crippen LogP contribution < -0.4 is 9.62 Å². The third-order valence-corrected chi connectivity index (χ3v) is 5.91. The van der Waals surface area contributed by atoms with Crippen LogP contribution in [0.5, 0.6) is 0 Å². The quantitative estimate of drug-likeness (QED) is 0.592. The molecule has 2 aromatic rings. The summed E-state index contributed by atoms with van der Waals surface area (Å²) in [7, 11) is -4.10. The normalized spacial score (nSPS) is 12.4. The number of hydrogen-bond acceptors (Lipinski definition) is 4. The second-order valence-electron chi connectivity index (χ2n) is 7.82. The van der Waals surface area contributed by atoms with Gasteiger partial charge in [0.1, 0.15) is 18.4 Å². The Hall–Kier alpha value is -3.08. The van der Waals surface area contributed by atoms with Crippen LogP contribution >= 0.6 is 0 Å². The molecule has 1 N–H and O–H groups in total. The Balaban J connectivity index is 2.43. The fraction of sp³-hybridized carbons (Fsp3) is 0.364. The summed E-state index contributed by atoms with van der Waals surface area (Å²) in [5.41, 5.74) is -0.149. The van der Waals surface area contributed by atoms with Crippen LogP contribution in [0.1, 0.15) is 26.3 Å². The molecule has 0 heterocycles. The van der Waals surface area contributed by atoms with Crippen LogP contribution in [0.15, 0.2) is 42.5 Å². The third kappa shape index (κ3) is 6.95. The summed E-state index contributed by atoms with van der Waals surface area (Å²) >= 11 is 0. The lowest BCUT2D eigenvalue weighted by molar-refractivity contribution is -0.139. The minimum Gasteiger partial charge on any atom is -0.352 e. The summed E-state index contributed by atoms with van der Waals surface area (Å²) in [6, 6.07) is 6.75. The molecule has 0 radical (unpaired) electrons. The summed E-state index contributed by atoms with van der Waals surface area (Å²) < 4.78 is 66.6. The summed E-state index contributed by atoms with van der Waals surface area (Å²) in [4.78, 5) is 26.8. The number of anilines is 1. The van der Waals surface area contributed by atoms with Crippen LogP contribution in [-0.4, -0.2) is 50.0 Å². The average molecular weight is 486 g/mol. The number of carbonyl (C=O) groups is 2. The molecule has 0 fully saturated rings. The first-order chi connectivity index (χ1) is 15.3. The number of carbonyl (C=O) groups excluding carboxylic acids is 2. The lowest BCUT2D eigenvalue weighted by Crippen LogP contribution is -2.52. The number of nitrogens with zero attached hydrogens (tertiary/aromatic N) is 2. The van der Waals surface area contributed by atoms with Crippen molar-refractivity contribution in [2.24, 2.45) is 0 Å². The minimum absolute atomic E-state index is 0.119. The molecular formula is C22H26F3N3O4S. The van der Waals surface area contributed by atoms with Gasteiger partial charge in [-0.05, 0) is 39.0 Å². The van der Waals surface area contributed by atoms with E-state index < -0.39 is 51.9 Å². The topological polar surface area (TPSA) is 86.8 Å². The van der Waals surface area contributed by atoms with Crippen molar-refractivity contribution in [2.45, 2.75) is 39.4 Å². The molecule has 2 aromatic carbocycles. The van der Waals surface area contributed by atoms with Gasteiger partial charge in [-0.1, -0.05) is 18.2 Å². The number of amides is 2. The highest BCUT2D eigenvalue weighted by Gasteiger charge is 2.31. The van der Waals surface area contributed by atoms with Gasteiger partial charge >= 0.3 is 0 Å². The van der Waals surface area contributed by atoms with Crippen LogP contribution in [0.3, 0.4) is 0 Å². The Morgan fingerprint density at radius 3 is 2.15 bits per heavy atom. The van der Waals surface area contributed by atoms with E-state index in [4.69, 9.17) is 0 Å². The fourth-order valence-corrected chi connectivity index (χ4v) is 3.89. The van der Waals surface area contributed by atoms with E-state index >= 15 is 0 Å². The lowest BCUT2D eigenvalue weighted by Gasteiger charge is -2.32. The van der Waals surface area contributed by atoms with Gasteiger partial charge in [0.15, 0.2) is 11.6 Å². The molecule has 11 heteroatoms. The van der Waals surface area contributed by atoms with Crippen molar-refractivity contribution in [3.05, 3.63) is 65.5 Å². The highest BCUT2D eigenvalue weighted by Crippen LogP contribution is 2.22. The van der Waals surface area contributed by atoms with Crippen LogP contribution in [0.2, 0.25) is 0 Å². The van der Waals surface area contributed by atoms with Gasteiger partial charge in [-0.2, -0.15) is 0 Å². The summed E-state index contributed by atoms with van der Waals surface area (Å²) in [5.74, 6) is -4.43. The van der Waals surface area contributed by atoms with E-state index in [1.54, 1.807) is 19.9 Å². The largest absolute Gasteiger partial charge is 0.352 e. The Kier molecular flexibility index (Phi) is 8.48. The van der Waals surface area contributed by atoms with Gasteiger partial charge in [-0.25, -0.2) is 21.6 Å². The predicted octanol–water partition coefficient (Wildman–Crippen LogP) is 2.81. The third-order valence-electron chi connectivity index (χ3n) is 4.77. The molecule has 180 valence electrons. The van der Waals surface area contributed by atoms with E-state index in [0.29, 0.717) is 10.4 Å². The summed E-state index contributed by atoms with van der Waals surface area (Å²) in [5, 5.41) is 2.66. The maximum Gasteiger partial charge on any atom is 0.244 e. The smallest absolute Gasteiger partial charge is 0.244 e. The van der Waals surface area contributed by atoms with E-state index in [1.165, 1.54) is 25.1 Å². The molecule has 0 aliphatic heterocycles. The molecule has 0 spiro atoms. The highest BCUT2D eigenvalue weighted by atomic mass is 32.2. The number of nitrogens with one attached hydrogen (secondary N) is 1. The molecule has 0 aromatic heterocycles. The summed E-state index contributed by atoms with van der Waals surface area (Å²) in [6.07, 6.45) is 0.803. The SMILES string of the molecule is CC(C)NC(=O)[C@@H](C)N(Cc1ccccc1F)C(=O)CN(c1ccc(F)c(F)c1)S(C)(=O)=O. The molecule has 0 aliphatic rings. The van der Waals surface area contributed by atoms with Gasteiger partial charge in [0.05, 0.1) is 11.9 Å². The van der Waals surface area contributed by atoms with Crippen LogP contribution in [0, 0.1) is 17.5 Å². The molecule has 0 saturated heterocycles. The number of halogens is 3. The van der Waals surface area contributed by atoms with Gasteiger partial charge in [-0.15, -0.1) is 0 Å². The molecule has 7 nitrogen and oxygen atoms in total. The Morgan fingerprint density at radius 2 is 1.61 bits per heavy atom. The molecular weight excluding hydrogens is 459 g/mol. The van der Waals surface area contributed by atoms with Crippen molar-refractivity contribution in [3.8, 4) is 0 Å². The zero-order valence-electron chi connectivity index (χ0n) is 18.7. The van der Waals surface area contributed by atoms with E-state index in [2.05, 4.69) is 5.32 Å². The van der Waals surface area contributed by atoms with Crippen molar-refractivity contribution in [2.75, 3.05) is 17.1 Å². The molecule has 0 saturated carbocycles. The van der Waals surface area contributed by atoms with E-state index in [9.17, 15) is 31.2 Å². The van der Waals surface area contributed by atoms with E-state index in [1.807, 2.05) is 0 Å². The number of hydrogen-bond donors (Lipinski definition) is 1. The van der Waals surface area contributed by atoms with Gasteiger partial charge in [0.2, 0.25) is 21.8 Å². The maximum atomic E-state index is 14.3. The van der Waals surface area contributed by atoms with Gasteiger partial charge in [0.25, 0.3) is 0 Å².